The summed E-state index contributed by atoms with van der Waals surface area (Å²) in [7, 11) is 0. The van der Waals surface area contributed by atoms with Gasteiger partial charge in [0.1, 0.15) is 23.9 Å². The fourth-order valence-corrected chi connectivity index (χ4v) is 2.81. The van der Waals surface area contributed by atoms with Gasteiger partial charge in [-0.2, -0.15) is 0 Å². The Balaban J connectivity index is 3.15. The fourth-order valence-electron chi connectivity index (χ4n) is 2.81. The van der Waals surface area contributed by atoms with Gasteiger partial charge >= 0.3 is 6.09 Å². The third kappa shape index (κ3) is 8.71. The third-order valence-corrected chi connectivity index (χ3v) is 3.81. The lowest BCUT2D eigenvalue weighted by atomic mass is 10.0. The van der Waals surface area contributed by atoms with Crippen LogP contribution in [0.15, 0.2) is 24.3 Å². The van der Waals surface area contributed by atoms with Crippen LogP contribution < -0.4 is 10.6 Å². The fraction of sp³-hybridized carbons (Fsp3) is 0.591. The van der Waals surface area contributed by atoms with Gasteiger partial charge in [0.2, 0.25) is 11.8 Å². The lowest BCUT2D eigenvalue weighted by molar-refractivity contribution is -0.141. The molecule has 0 fully saturated rings. The maximum atomic E-state index is 13.1. The van der Waals surface area contributed by atoms with E-state index in [2.05, 4.69) is 10.6 Å². The molecule has 1 unspecified atom stereocenters. The van der Waals surface area contributed by atoms with E-state index < -0.39 is 29.2 Å². The number of nitrogens with zero attached hydrogens (tertiary/aromatic N) is 1. The molecule has 0 bridgehead atoms. The van der Waals surface area contributed by atoms with Crippen molar-refractivity contribution in [2.45, 2.75) is 72.1 Å². The second-order valence-corrected chi connectivity index (χ2v) is 9.18. The summed E-state index contributed by atoms with van der Waals surface area (Å²) in [4.78, 5) is 39.4. The molecule has 0 aliphatic carbocycles. The zero-order valence-corrected chi connectivity index (χ0v) is 19.0. The Morgan fingerprint density at radius 3 is 2.27 bits per heavy atom. The number of carbonyl (C=O) groups excluding carboxylic acids is 3. The molecule has 3 N–H and O–H groups in total. The third-order valence-electron chi connectivity index (χ3n) is 3.81. The summed E-state index contributed by atoms with van der Waals surface area (Å²) < 4.78 is 5.17. The van der Waals surface area contributed by atoms with Crippen molar-refractivity contribution in [2.75, 3.05) is 13.1 Å². The number of benzene rings is 1. The van der Waals surface area contributed by atoms with Gasteiger partial charge in [0.25, 0.3) is 0 Å². The van der Waals surface area contributed by atoms with Crippen LogP contribution in [0.1, 0.15) is 66.5 Å². The Labute approximate surface area is 179 Å². The monoisotopic (exact) mass is 421 g/mol. The number of hydrogen-bond donors (Lipinski definition) is 3. The summed E-state index contributed by atoms with van der Waals surface area (Å²) in [6, 6.07) is 5.31. The molecule has 0 saturated carbocycles. The van der Waals surface area contributed by atoms with Crippen molar-refractivity contribution in [3.63, 3.8) is 0 Å². The van der Waals surface area contributed by atoms with Crippen molar-refractivity contribution < 1.29 is 24.2 Å². The van der Waals surface area contributed by atoms with Crippen LogP contribution in [0.4, 0.5) is 4.79 Å². The van der Waals surface area contributed by atoms with Crippen molar-refractivity contribution in [3.8, 4) is 5.75 Å². The van der Waals surface area contributed by atoms with Crippen LogP contribution in [0.3, 0.4) is 0 Å². The first-order chi connectivity index (χ1) is 13.7. The van der Waals surface area contributed by atoms with E-state index in [1.807, 2.05) is 27.7 Å². The molecule has 8 nitrogen and oxygen atoms in total. The molecule has 0 spiro atoms. The Morgan fingerprint density at radius 2 is 1.77 bits per heavy atom. The Morgan fingerprint density at radius 1 is 1.13 bits per heavy atom. The summed E-state index contributed by atoms with van der Waals surface area (Å²) in [5.74, 6) is -0.802. The maximum Gasteiger partial charge on any atom is 0.408 e. The number of alkyl carbamates (subject to hydrolysis) is 1. The number of rotatable bonds is 7. The van der Waals surface area contributed by atoms with Crippen LogP contribution in [0.2, 0.25) is 0 Å². The van der Waals surface area contributed by atoms with Crippen LogP contribution in [0.25, 0.3) is 0 Å². The van der Waals surface area contributed by atoms with Gasteiger partial charge < -0.3 is 25.4 Å². The van der Waals surface area contributed by atoms with E-state index >= 15 is 0 Å². The number of phenolic OH excluding ortho intramolecular Hbond substituents is 1. The standard InChI is InChI=1S/C22H35N3O5/c1-8-12-25(17(27)14-23-20(29)30-22(5,6)7)18(19(28)24-21(2,3)4)15-10-9-11-16(26)13-15/h9-11,13,18,26H,8,12,14H2,1-7H3,(H,23,29)(H,24,28). The molecule has 0 saturated heterocycles. The van der Waals surface area contributed by atoms with Gasteiger partial charge in [-0.05, 0) is 65.7 Å². The molecule has 168 valence electrons. The molecule has 1 atom stereocenters. The van der Waals surface area contributed by atoms with Crippen LogP contribution >= 0.6 is 0 Å². The smallest absolute Gasteiger partial charge is 0.408 e. The molecule has 3 amide bonds. The highest BCUT2D eigenvalue weighted by atomic mass is 16.6. The average molecular weight is 422 g/mol. The van der Waals surface area contributed by atoms with Gasteiger partial charge in [0.05, 0.1) is 0 Å². The van der Waals surface area contributed by atoms with Crippen molar-refractivity contribution in [1.82, 2.24) is 15.5 Å². The molecular weight excluding hydrogens is 386 g/mol. The van der Waals surface area contributed by atoms with E-state index in [4.69, 9.17) is 4.74 Å². The first-order valence-corrected chi connectivity index (χ1v) is 10.1. The Hall–Kier alpha value is -2.77. The Bertz CT molecular complexity index is 750. The lowest BCUT2D eigenvalue weighted by Crippen LogP contribution is -2.51. The molecule has 8 heteroatoms. The number of phenols is 1. The molecule has 0 radical (unpaired) electrons. The topological polar surface area (TPSA) is 108 Å². The highest BCUT2D eigenvalue weighted by Crippen LogP contribution is 2.25. The van der Waals surface area contributed by atoms with Gasteiger partial charge in [-0.25, -0.2) is 4.79 Å². The van der Waals surface area contributed by atoms with Crippen molar-refractivity contribution in [2.24, 2.45) is 0 Å². The van der Waals surface area contributed by atoms with Crippen molar-refractivity contribution in [3.05, 3.63) is 29.8 Å². The average Bonchev–Trinajstić information content (AvgIpc) is 2.56. The van der Waals surface area contributed by atoms with Crippen molar-refractivity contribution >= 4 is 17.9 Å². The molecule has 0 heterocycles. The number of carbonyl (C=O) groups is 3. The minimum atomic E-state index is -0.954. The Kier molecular flexibility index (Phi) is 8.69. The summed E-state index contributed by atoms with van der Waals surface area (Å²) in [6.45, 7) is 12.6. The molecule has 1 aromatic rings. The van der Waals surface area contributed by atoms with E-state index in [0.717, 1.165) is 0 Å². The maximum absolute atomic E-state index is 13.1. The normalized spacial score (nSPS) is 12.6. The molecule has 0 aliphatic heterocycles. The molecule has 1 rings (SSSR count). The van der Waals surface area contributed by atoms with Gasteiger partial charge in [0, 0.05) is 12.1 Å². The van der Waals surface area contributed by atoms with Gasteiger partial charge in [-0.3, -0.25) is 9.59 Å². The van der Waals surface area contributed by atoms with Crippen LogP contribution in [0, 0.1) is 0 Å². The van der Waals surface area contributed by atoms with E-state index in [0.29, 0.717) is 18.5 Å². The summed E-state index contributed by atoms with van der Waals surface area (Å²) in [6.07, 6.45) is -0.101. The second kappa shape index (κ2) is 10.3. The van der Waals surface area contributed by atoms with Crippen LogP contribution in [0.5, 0.6) is 5.75 Å². The van der Waals surface area contributed by atoms with Crippen molar-refractivity contribution in [1.29, 1.82) is 0 Å². The van der Waals surface area contributed by atoms with Gasteiger partial charge in [-0.1, -0.05) is 19.1 Å². The predicted octanol–water partition coefficient (Wildman–Crippen LogP) is 3.11. The van der Waals surface area contributed by atoms with Gasteiger partial charge in [0.15, 0.2) is 0 Å². The first-order valence-electron chi connectivity index (χ1n) is 10.1. The second-order valence-electron chi connectivity index (χ2n) is 9.18. The zero-order valence-electron chi connectivity index (χ0n) is 19.0. The summed E-state index contributed by atoms with van der Waals surface area (Å²) in [5.41, 5.74) is -0.717. The highest BCUT2D eigenvalue weighted by Gasteiger charge is 2.33. The van der Waals surface area contributed by atoms with E-state index in [9.17, 15) is 19.5 Å². The molecule has 0 aromatic heterocycles. The lowest BCUT2D eigenvalue weighted by Gasteiger charge is -2.33. The summed E-state index contributed by atoms with van der Waals surface area (Å²) in [5, 5.41) is 15.3. The summed E-state index contributed by atoms with van der Waals surface area (Å²) >= 11 is 0. The zero-order chi connectivity index (χ0) is 23.1. The quantitative estimate of drug-likeness (QED) is 0.627. The van der Waals surface area contributed by atoms with E-state index in [-0.39, 0.29) is 18.2 Å². The number of nitrogens with one attached hydrogen (secondary N) is 2. The number of aromatic hydroxyl groups is 1. The first kappa shape index (κ1) is 25.3. The minimum Gasteiger partial charge on any atom is -0.508 e. The number of amides is 3. The molecule has 30 heavy (non-hydrogen) atoms. The predicted molar refractivity (Wildman–Crippen MR) is 115 cm³/mol. The minimum absolute atomic E-state index is 0.00293. The molecular formula is C22H35N3O5. The highest BCUT2D eigenvalue weighted by molar-refractivity contribution is 5.90. The molecule has 1 aromatic carbocycles. The van der Waals surface area contributed by atoms with E-state index in [1.165, 1.54) is 17.0 Å². The molecule has 0 aliphatic rings. The SMILES string of the molecule is CCCN(C(=O)CNC(=O)OC(C)(C)C)C(C(=O)NC(C)(C)C)c1cccc(O)c1. The van der Waals surface area contributed by atoms with E-state index in [1.54, 1.807) is 32.9 Å². The van der Waals surface area contributed by atoms with Crippen LogP contribution in [-0.4, -0.2) is 52.1 Å². The number of hydrogen-bond acceptors (Lipinski definition) is 5. The number of ether oxygens (including phenoxy) is 1. The van der Waals surface area contributed by atoms with Gasteiger partial charge in [-0.15, -0.1) is 0 Å². The van der Waals surface area contributed by atoms with Crippen LogP contribution in [-0.2, 0) is 14.3 Å². The largest absolute Gasteiger partial charge is 0.508 e.